The van der Waals surface area contributed by atoms with Crippen molar-refractivity contribution in [2.24, 2.45) is 0 Å². The molecule has 2 aromatic rings. The Morgan fingerprint density at radius 3 is 2.56 bits per heavy atom. The standard InChI is InChI=1S/C15H15ClOS/c1-3-12-5-6-13(18-12)9-15(17)11-4-7-14(16)10(2)8-11/h4-8H,3,9H2,1-2H3. The van der Waals surface area contributed by atoms with Crippen LogP contribution in [0.5, 0.6) is 0 Å². The van der Waals surface area contributed by atoms with Crippen LogP contribution in [0.3, 0.4) is 0 Å². The van der Waals surface area contributed by atoms with Crippen molar-refractivity contribution >= 4 is 28.7 Å². The Hall–Kier alpha value is -1.12. The van der Waals surface area contributed by atoms with Crippen LogP contribution in [0.25, 0.3) is 0 Å². The number of rotatable bonds is 4. The molecule has 0 aliphatic heterocycles. The van der Waals surface area contributed by atoms with Crippen LogP contribution in [0.4, 0.5) is 0 Å². The van der Waals surface area contributed by atoms with Crippen molar-refractivity contribution in [1.82, 2.24) is 0 Å². The molecule has 94 valence electrons. The van der Waals surface area contributed by atoms with E-state index in [0.29, 0.717) is 11.4 Å². The molecule has 0 amide bonds. The van der Waals surface area contributed by atoms with E-state index < -0.39 is 0 Å². The lowest BCUT2D eigenvalue weighted by molar-refractivity contribution is 0.0994. The molecule has 0 N–H and O–H groups in total. The third kappa shape index (κ3) is 3.01. The zero-order valence-corrected chi connectivity index (χ0v) is 12.1. The van der Waals surface area contributed by atoms with Gasteiger partial charge in [-0.05, 0) is 49.2 Å². The first-order chi connectivity index (χ1) is 8.60. The van der Waals surface area contributed by atoms with E-state index in [1.165, 1.54) is 4.88 Å². The number of halogens is 1. The minimum absolute atomic E-state index is 0.152. The number of hydrogen-bond acceptors (Lipinski definition) is 2. The second-order valence-corrected chi connectivity index (χ2v) is 5.95. The van der Waals surface area contributed by atoms with Gasteiger partial charge in [0.1, 0.15) is 0 Å². The summed E-state index contributed by atoms with van der Waals surface area (Å²) >= 11 is 7.67. The molecule has 0 saturated heterocycles. The summed E-state index contributed by atoms with van der Waals surface area (Å²) in [7, 11) is 0. The molecular formula is C15H15ClOS. The highest BCUT2D eigenvalue weighted by Gasteiger charge is 2.10. The Bertz CT molecular complexity index is 572. The predicted molar refractivity (Wildman–Crippen MR) is 77.9 cm³/mol. The maximum atomic E-state index is 12.1. The first-order valence-electron chi connectivity index (χ1n) is 5.97. The summed E-state index contributed by atoms with van der Waals surface area (Å²) in [4.78, 5) is 14.6. The first kappa shape index (κ1) is 13.3. The van der Waals surface area contributed by atoms with E-state index in [1.54, 1.807) is 23.5 Å². The molecule has 0 aliphatic carbocycles. The van der Waals surface area contributed by atoms with E-state index in [-0.39, 0.29) is 5.78 Å². The van der Waals surface area contributed by atoms with Crippen molar-refractivity contribution in [1.29, 1.82) is 0 Å². The molecule has 2 rings (SSSR count). The molecule has 0 unspecified atom stereocenters. The lowest BCUT2D eigenvalue weighted by atomic mass is 10.1. The molecule has 1 nitrogen and oxygen atoms in total. The molecule has 0 saturated carbocycles. The fraction of sp³-hybridized carbons (Fsp3) is 0.267. The molecule has 18 heavy (non-hydrogen) atoms. The summed E-state index contributed by atoms with van der Waals surface area (Å²) in [6, 6.07) is 9.59. The van der Waals surface area contributed by atoms with Gasteiger partial charge in [0.25, 0.3) is 0 Å². The van der Waals surface area contributed by atoms with Gasteiger partial charge in [-0.15, -0.1) is 11.3 Å². The van der Waals surface area contributed by atoms with Crippen molar-refractivity contribution in [3.8, 4) is 0 Å². The molecule has 3 heteroatoms. The highest BCUT2D eigenvalue weighted by molar-refractivity contribution is 7.12. The zero-order valence-electron chi connectivity index (χ0n) is 10.5. The van der Waals surface area contributed by atoms with E-state index in [0.717, 1.165) is 22.4 Å². The summed E-state index contributed by atoms with van der Waals surface area (Å²) in [5.74, 6) is 0.152. The number of Topliss-reactive ketones (excluding diaryl/α,β-unsaturated/α-hetero) is 1. The van der Waals surface area contributed by atoms with E-state index >= 15 is 0 Å². The average Bonchev–Trinajstić information content (AvgIpc) is 2.80. The van der Waals surface area contributed by atoms with Gasteiger partial charge < -0.3 is 0 Å². The molecule has 0 atom stereocenters. The van der Waals surface area contributed by atoms with Crippen LogP contribution in [0, 0.1) is 6.92 Å². The highest BCUT2D eigenvalue weighted by Crippen LogP contribution is 2.21. The average molecular weight is 279 g/mol. The summed E-state index contributed by atoms with van der Waals surface area (Å²) in [6.45, 7) is 4.04. The van der Waals surface area contributed by atoms with Crippen LogP contribution >= 0.6 is 22.9 Å². The quantitative estimate of drug-likeness (QED) is 0.741. The van der Waals surface area contributed by atoms with E-state index in [1.807, 2.05) is 19.1 Å². The Morgan fingerprint density at radius 1 is 1.22 bits per heavy atom. The monoisotopic (exact) mass is 278 g/mol. The molecule has 0 spiro atoms. The van der Waals surface area contributed by atoms with Gasteiger partial charge in [-0.2, -0.15) is 0 Å². The maximum Gasteiger partial charge on any atom is 0.168 e. The van der Waals surface area contributed by atoms with Crippen molar-refractivity contribution in [2.45, 2.75) is 26.7 Å². The molecule has 0 bridgehead atoms. The Morgan fingerprint density at radius 2 is 1.94 bits per heavy atom. The first-order valence-corrected chi connectivity index (χ1v) is 7.16. The van der Waals surface area contributed by atoms with Crippen LogP contribution in [-0.2, 0) is 12.8 Å². The maximum absolute atomic E-state index is 12.1. The Balaban J connectivity index is 2.14. The van der Waals surface area contributed by atoms with Gasteiger partial charge in [-0.3, -0.25) is 4.79 Å². The van der Waals surface area contributed by atoms with Gasteiger partial charge in [0.2, 0.25) is 0 Å². The predicted octanol–water partition coefficient (Wildman–Crippen LogP) is 4.70. The largest absolute Gasteiger partial charge is 0.294 e. The Kier molecular flexibility index (Phi) is 4.20. The van der Waals surface area contributed by atoms with Gasteiger partial charge in [-0.1, -0.05) is 18.5 Å². The van der Waals surface area contributed by atoms with Gasteiger partial charge in [0, 0.05) is 26.8 Å². The third-order valence-corrected chi connectivity index (χ3v) is 4.53. The summed E-state index contributed by atoms with van der Waals surface area (Å²) in [5.41, 5.74) is 1.69. The molecule has 0 radical (unpaired) electrons. The summed E-state index contributed by atoms with van der Waals surface area (Å²) < 4.78 is 0. The van der Waals surface area contributed by atoms with Crippen LogP contribution < -0.4 is 0 Å². The van der Waals surface area contributed by atoms with Crippen molar-refractivity contribution in [3.63, 3.8) is 0 Å². The molecule has 1 aromatic carbocycles. The van der Waals surface area contributed by atoms with E-state index in [2.05, 4.69) is 13.0 Å². The lowest BCUT2D eigenvalue weighted by Gasteiger charge is -2.02. The molecule has 0 fully saturated rings. The minimum Gasteiger partial charge on any atom is -0.294 e. The number of hydrogen-bond donors (Lipinski definition) is 0. The number of thiophene rings is 1. The summed E-state index contributed by atoms with van der Waals surface area (Å²) in [5, 5.41) is 0.705. The topological polar surface area (TPSA) is 17.1 Å². The normalized spacial score (nSPS) is 10.6. The zero-order chi connectivity index (χ0) is 13.1. The fourth-order valence-electron chi connectivity index (χ4n) is 1.79. The molecule has 1 heterocycles. The number of benzene rings is 1. The minimum atomic E-state index is 0.152. The number of ketones is 1. The molecular weight excluding hydrogens is 264 g/mol. The van der Waals surface area contributed by atoms with Crippen LogP contribution in [0.2, 0.25) is 5.02 Å². The fourth-order valence-corrected chi connectivity index (χ4v) is 2.86. The van der Waals surface area contributed by atoms with Crippen molar-refractivity contribution in [3.05, 3.63) is 56.2 Å². The second-order valence-electron chi connectivity index (χ2n) is 4.29. The molecule has 0 aliphatic rings. The van der Waals surface area contributed by atoms with E-state index in [4.69, 9.17) is 11.6 Å². The highest BCUT2D eigenvalue weighted by atomic mass is 35.5. The summed E-state index contributed by atoms with van der Waals surface area (Å²) in [6.07, 6.45) is 1.50. The van der Waals surface area contributed by atoms with Crippen molar-refractivity contribution < 1.29 is 4.79 Å². The number of carbonyl (C=O) groups excluding carboxylic acids is 1. The SMILES string of the molecule is CCc1ccc(CC(=O)c2ccc(Cl)c(C)c2)s1. The third-order valence-electron chi connectivity index (χ3n) is 2.88. The Labute approximate surface area is 116 Å². The van der Waals surface area contributed by atoms with Crippen LogP contribution in [-0.4, -0.2) is 5.78 Å². The van der Waals surface area contributed by atoms with Gasteiger partial charge >= 0.3 is 0 Å². The van der Waals surface area contributed by atoms with Gasteiger partial charge in [0.05, 0.1) is 0 Å². The number of carbonyl (C=O) groups is 1. The van der Waals surface area contributed by atoms with Gasteiger partial charge in [0.15, 0.2) is 5.78 Å². The molecule has 1 aromatic heterocycles. The lowest BCUT2D eigenvalue weighted by Crippen LogP contribution is -2.02. The van der Waals surface area contributed by atoms with E-state index in [9.17, 15) is 4.79 Å². The van der Waals surface area contributed by atoms with Crippen molar-refractivity contribution in [2.75, 3.05) is 0 Å². The smallest absolute Gasteiger partial charge is 0.168 e. The van der Waals surface area contributed by atoms with Crippen LogP contribution in [0.15, 0.2) is 30.3 Å². The number of aryl methyl sites for hydroxylation is 2. The van der Waals surface area contributed by atoms with Gasteiger partial charge in [-0.25, -0.2) is 0 Å². The second kappa shape index (κ2) is 5.68. The van der Waals surface area contributed by atoms with Crippen LogP contribution in [0.1, 0.15) is 32.6 Å².